The highest BCUT2D eigenvalue weighted by Crippen LogP contribution is 2.31. The van der Waals surface area contributed by atoms with Crippen molar-refractivity contribution in [1.29, 1.82) is 0 Å². The molecule has 1 aliphatic rings. The van der Waals surface area contributed by atoms with E-state index in [0.717, 1.165) is 37.1 Å². The maximum absolute atomic E-state index is 12.8. The summed E-state index contributed by atoms with van der Waals surface area (Å²) in [4.78, 5) is 23.1. The predicted octanol–water partition coefficient (Wildman–Crippen LogP) is 3.87. The number of imidazole rings is 1. The summed E-state index contributed by atoms with van der Waals surface area (Å²) < 4.78 is 7.80. The number of likely N-dealkylation sites (tertiary alicyclic amines) is 1. The zero-order valence-electron chi connectivity index (χ0n) is 14.9. The topological polar surface area (TPSA) is 64.2 Å². The van der Waals surface area contributed by atoms with E-state index in [1.165, 1.54) is 0 Å². The van der Waals surface area contributed by atoms with Crippen molar-refractivity contribution in [3.05, 3.63) is 71.4 Å². The van der Waals surface area contributed by atoms with Crippen molar-refractivity contribution in [1.82, 2.24) is 19.4 Å². The van der Waals surface area contributed by atoms with Crippen LogP contribution in [0.2, 0.25) is 5.02 Å². The fourth-order valence-electron chi connectivity index (χ4n) is 3.52. The zero-order valence-corrected chi connectivity index (χ0v) is 15.7. The Hall–Kier alpha value is -2.60. The molecule has 1 amide bonds. The molecule has 3 aromatic rings. The lowest BCUT2D eigenvalue weighted by Crippen LogP contribution is -2.40. The molecule has 1 aromatic carbocycles. The van der Waals surface area contributed by atoms with E-state index in [4.69, 9.17) is 16.0 Å². The van der Waals surface area contributed by atoms with Crippen LogP contribution in [0, 0.1) is 0 Å². The van der Waals surface area contributed by atoms with E-state index in [0.29, 0.717) is 17.3 Å². The number of nitrogens with zero attached hydrogens (tertiary/aromatic N) is 4. The minimum absolute atomic E-state index is 0.0623. The highest BCUT2D eigenvalue weighted by Gasteiger charge is 2.31. The van der Waals surface area contributed by atoms with E-state index in [1.807, 2.05) is 29.2 Å². The monoisotopic (exact) mass is 384 g/mol. The summed E-state index contributed by atoms with van der Waals surface area (Å²) >= 11 is 6.05. The van der Waals surface area contributed by atoms with E-state index in [-0.39, 0.29) is 18.5 Å². The smallest absolute Gasteiger partial charge is 0.243 e. The minimum atomic E-state index is -0.108. The van der Waals surface area contributed by atoms with Gasteiger partial charge in [-0.25, -0.2) is 9.97 Å². The lowest BCUT2D eigenvalue weighted by Gasteiger charge is -2.33. The number of hydrogen-bond donors (Lipinski definition) is 0. The standard InChI is InChI=1S/C20H21ClN4O2/c21-16-5-3-4-15(10-16)11-17-12-23-20(27-17)18-6-1-2-8-25(18)19(26)13-24-9-7-22-14-24/h3-5,7,9-10,12,14,18H,1-2,6,8,11,13H2. The molecule has 4 rings (SSSR count). The summed E-state index contributed by atoms with van der Waals surface area (Å²) in [6.07, 6.45) is 10.4. The van der Waals surface area contributed by atoms with Crippen LogP contribution in [0.25, 0.3) is 0 Å². The third kappa shape index (κ3) is 4.22. The van der Waals surface area contributed by atoms with E-state index < -0.39 is 0 Å². The van der Waals surface area contributed by atoms with Crippen LogP contribution in [0.5, 0.6) is 0 Å². The number of carbonyl (C=O) groups is 1. The molecule has 1 unspecified atom stereocenters. The Morgan fingerprint density at radius 3 is 3.07 bits per heavy atom. The molecule has 0 radical (unpaired) electrons. The van der Waals surface area contributed by atoms with Gasteiger partial charge >= 0.3 is 0 Å². The average Bonchev–Trinajstić information content (AvgIpc) is 3.34. The fraction of sp³-hybridized carbons (Fsp3) is 0.350. The molecule has 3 heterocycles. The van der Waals surface area contributed by atoms with Crippen molar-refractivity contribution < 1.29 is 9.21 Å². The number of benzene rings is 1. The van der Waals surface area contributed by atoms with Crippen molar-refractivity contribution in [3.63, 3.8) is 0 Å². The van der Waals surface area contributed by atoms with E-state index >= 15 is 0 Å². The number of rotatable bonds is 5. The Bertz CT molecular complexity index is 906. The van der Waals surface area contributed by atoms with Crippen molar-refractivity contribution in [3.8, 4) is 0 Å². The van der Waals surface area contributed by atoms with Gasteiger partial charge in [0.25, 0.3) is 0 Å². The van der Waals surface area contributed by atoms with Crippen LogP contribution in [0.15, 0.2) is 53.6 Å². The molecule has 0 spiro atoms. The van der Waals surface area contributed by atoms with E-state index in [2.05, 4.69) is 9.97 Å². The molecule has 1 fully saturated rings. The first-order valence-corrected chi connectivity index (χ1v) is 9.51. The van der Waals surface area contributed by atoms with Crippen LogP contribution in [0.1, 0.15) is 42.5 Å². The van der Waals surface area contributed by atoms with Crippen LogP contribution in [0.4, 0.5) is 0 Å². The molecule has 0 aliphatic carbocycles. The molecular weight excluding hydrogens is 364 g/mol. The van der Waals surface area contributed by atoms with Crippen molar-refractivity contribution in [2.24, 2.45) is 0 Å². The second-order valence-corrected chi connectivity index (χ2v) is 7.24. The SMILES string of the molecule is O=C(Cn1ccnc1)N1CCCCC1c1ncc(Cc2cccc(Cl)c2)o1. The first kappa shape index (κ1) is 17.8. The number of oxazole rings is 1. The Morgan fingerprint density at radius 2 is 2.26 bits per heavy atom. The van der Waals surface area contributed by atoms with Gasteiger partial charge in [-0.1, -0.05) is 23.7 Å². The quantitative estimate of drug-likeness (QED) is 0.669. The summed E-state index contributed by atoms with van der Waals surface area (Å²) in [6.45, 7) is 1.01. The van der Waals surface area contributed by atoms with E-state index in [9.17, 15) is 4.79 Å². The molecule has 2 aromatic heterocycles. The summed E-state index contributed by atoms with van der Waals surface area (Å²) in [5.74, 6) is 1.46. The Balaban J connectivity index is 1.48. The summed E-state index contributed by atoms with van der Waals surface area (Å²) in [6, 6.07) is 7.60. The summed E-state index contributed by atoms with van der Waals surface area (Å²) in [5, 5.41) is 0.704. The molecule has 0 bridgehead atoms. The molecule has 1 saturated heterocycles. The first-order valence-electron chi connectivity index (χ1n) is 9.13. The van der Waals surface area contributed by atoms with Gasteiger partial charge in [-0.3, -0.25) is 4.79 Å². The molecule has 0 saturated carbocycles. The third-order valence-electron chi connectivity index (χ3n) is 4.82. The molecule has 7 heteroatoms. The maximum Gasteiger partial charge on any atom is 0.243 e. The van der Waals surface area contributed by atoms with Gasteiger partial charge in [0.15, 0.2) is 0 Å². The number of hydrogen-bond acceptors (Lipinski definition) is 4. The van der Waals surface area contributed by atoms with Crippen LogP contribution < -0.4 is 0 Å². The van der Waals surface area contributed by atoms with Crippen LogP contribution in [0.3, 0.4) is 0 Å². The van der Waals surface area contributed by atoms with Crippen molar-refractivity contribution in [2.75, 3.05) is 6.54 Å². The van der Waals surface area contributed by atoms with Crippen LogP contribution in [-0.4, -0.2) is 31.9 Å². The molecule has 6 nitrogen and oxygen atoms in total. The largest absolute Gasteiger partial charge is 0.443 e. The highest BCUT2D eigenvalue weighted by molar-refractivity contribution is 6.30. The highest BCUT2D eigenvalue weighted by atomic mass is 35.5. The van der Waals surface area contributed by atoms with Gasteiger partial charge in [0.05, 0.1) is 12.5 Å². The number of carbonyl (C=O) groups excluding carboxylic acids is 1. The van der Waals surface area contributed by atoms with Crippen LogP contribution in [-0.2, 0) is 17.8 Å². The molecule has 1 aliphatic heterocycles. The molecule has 140 valence electrons. The van der Waals surface area contributed by atoms with Crippen LogP contribution >= 0.6 is 11.6 Å². The van der Waals surface area contributed by atoms with Gasteiger partial charge in [0, 0.05) is 30.4 Å². The van der Waals surface area contributed by atoms with Gasteiger partial charge in [0.2, 0.25) is 11.8 Å². The summed E-state index contributed by atoms with van der Waals surface area (Å²) in [7, 11) is 0. The Kier molecular flexibility index (Phi) is 5.25. The predicted molar refractivity (Wildman–Crippen MR) is 101 cm³/mol. The van der Waals surface area contributed by atoms with Gasteiger partial charge in [-0.2, -0.15) is 0 Å². The number of amides is 1. The molecule has 1 atom stereocenters. The Morgan fingerprint density at radius 1 is 1.33 bits per heavy atom. The van der Waals surface area contributed by atoms with E-state index in [1.54, 1.807) is 29.5 Å². The van der Waals surface area contributed by atoms with Gasteiger partial charge < -0.3 is 13.9 Å². The minimum Gasteiger partial charge on any atom is -0.443 e. The second-order valence-electron chi connectivity index (χ2n) is 6.81. The first-order chi connectivity index (χ1) is 13.2. The van der Waals surface area contributed by atoms with Gasteiger partial charge in [-0.15, -0.1) is 0 Å². The lowest BCUT2D eigenvalue weighted by molar-refractivity contribution is -0.136. The molecule has 0 N–H and O–H groups in total. The summed E-state index contributed by atoms with van der Waals surface area (Å²) in [5.41, 5.74) is 1.07. The maximum atomic E-state index is 12.8. The molecule has 27 heavy (non-hydrogen) atoms. The Labute approximate surface area is 162 Å². The zero-order chi connectivity index (χ0) is 18.6. The average molecular weight is 385 g/mol. The number of aromatic nitrogens is 3. The van der Waals surface area contributed by atoms with Crippen molar-refractivity contribution >= 4 is 17.5 Å². The third-order valence-corrected chi connectivity index (χ3v) is 5.06. The van der Waals surface area contributed by atoms with Gasteiger partial charge in [-0.05, 0) is 37.0 Å². The fourth-order valence-corrected chi connectivity index (χ4v) is 3.73. The number of piperidine rings is 1. The second kappa shape index (κ2) is 7.96. The number of halogens is 1. The lowest BCUT2D eigenvalue weighted by atomic mass is 10.0. The van der Waals surface area contributed by atoms with Crippen molar-refractivity contribution in [2.45, 2.75) is 38.3 Å². The molecular formula is C20H21ClN4O2. The normalized spacial score (nSPS) is 17.2. The van der Waals surface area contributed by atoms with Gasteiger partial charge in [0.1, 0.15) is 18.3 Å².